The molecule has 74 valence electrons. The minimum Gasteiger partial charge on any atom is -0.398 e. The number of nitrogen functional groups attached to an aromatic ring is 1. The van der Waals surface area contributed by atoms with Crippen LogP contribution in [0.25, 0.3) is 0 Å². The fraction of sp³-hybridized carbons (Fsp3) is 0.364. The molecule has 0 atom stereocenters. The van der Waals surface area contributed by atoms with Crippen molar-refractivity contribution in [3.05, 3.63) is 28.8 Å². The Morgan fingerprint density at radius 2 is 1.71 bits per heavy atom. The van der Waals surface area contributed by atoms with E-state index in [1.54, 1.807) is 0 Å². The molecule has 1 aromatic carbocycles. The predicted molar refractivity (Wildman–Crippen MR) is 56.0 cm³/mol. The van der Waals surface area contributed by atoms with Gasteiger partial charge in [0.15, 0.2) is 0 Å². The molecule has 4 N–H and O–H groups in total. The number of primary amides is 1. The number of hydrogen-bond donors (Lipinski definition) is 2. The molecule has 1 aliphatic carbocycles. The van der Waals surface area contributed by atoms with Gasteiger partial charge in [-0.15, -0.1) is 0 Å². The maximum absolute atomic E-state index is 11.0. The van der Waals surface area contributed by atoms with Crippen molar-refractivity contribution in [2.24, 2.45) is 5.73 Å². The SMILES string of the molecule is NC(=O)c1cc2c(cc1N)CCCC2. The first-order valence-corrected chi connectivity index (χ1v) is 4.89. The molecule has 0 heterocycles. The molecular formula is C11H14N2O. The van der Waals surface area contributed by atoms with Crippen molar-refractivity contribution in [3.63, 3.8) is 0 Å². The van der Waals surface area contributed by atoms with Gasteiger partial charge in [-0.1, -0.05) is 0 Å². The molecule has 0 bridgehead atoms. The molecule has 0 aliphatic heterocycles. The summed E-state index contributed by atoms with van der Waals surface area (Å²) in [7, 11) is 0. The Kier molecular flexibility index (Phi) is 2.15. The van der Waals surface area contributed by atoms with E-state index in [2.05, 4.69) is 0 Å². The molecule has 3 nitrogen and oxygen atoms in total. The lowest BCUT2D eigenvalue weighted by Crippen LogP contribution is -2.15. The summed E-state index contributed by atoms with van der Waals surface area (Å²) in [6.07, 6.45) is 4.51. The quantitative estimate of drug-likeness (QED) is 0.654. The molecule has 0 unspecified atom stereocenters. The third-order valence-electron chi connectivity index (χ3n) is 2.78. The highest BCUT2D eigenvalue weighted by Crippen LogP contribution is 2.25. The first-order chi connectivity index (χ1) is 6.68. The molecule has 0 fully saturated rings. The summed E-state index contributed by atoms with van der Waals surface area (Å²) in [4.78, 5) is 11.0. The Balaban J connectivity index is 2.50. The van der Waals surface area contributed by atoms with Gasteiger partial charge in [-0.2, -0.15) is 0 Å². The maximum atomic E-state index is 11.0. The summed E-state index contributed by atoms with van der Waals surface area (Å²) >= 11 is 0. The number of aryl methyl sites for hydroxylation is 2. The van der Waals surface area contributed by atoms with Crippen LogP contribution in [0.3, 0.4) is 0 Å². The molecule has 0 radical (unpaired) electrons. The summed E-state index contributed by atoms with van der Waals surface area (Å²) in [5.41, 5.74) is 14.5. The zero-order chi connectivity index (χ0) is 10.1. The van der Waals surface area contributed by atoms with Gasteiger partial charge in [0.2, 0.25) is 0 Å². The summed E-state index contributed by atoms with van der Waals surface area (Å²) in [6.45, 7) is 0. The summed E-state index contributed by atoms with van der Waals surface area (Å²) in [5.74, 6) is -0.434. The summed E-state index contributed by atoms with van der Waals surface area (Å²) in [5, 5.41) is 0. The highest BCUT2D eigenvalue weighted by Gasteiger charge is 2.14. The first-order valence-electron chi connectivity index (χ1n) is 4.89. The molecule has 3 heteroatoms. The molecule has 2 rings (SSSR count). The average molecular weight is 190 g/mol. The van der Waals surface area contributed by atoms with Gasteiger partial charge in [-0.25, -0.2) is 0 Å². The highest BCUT2D eigenvalue weighted by molar-refractivity contribution is 5.98. The van der Waals surface area contributed by atoms with Gasteiger partial charge in [0.25, 0.3) is 5.91 Å². The van der Waals surface area contributed by atoms with Gasteiger partial charge in [0, 0.05) is 5.69 Å². The molecule has 0 saturated carbocycles. The van der Waals surface area contributed by atoms with Crippen LogP contribution >= 0.6 is 0 Å². The predicted octanol–water partition coefficient (Wildman–Crippen LogP) is 1.25. The molecular weight excluding hydrogens is 176 g/mol. The van der Waals surface area contributed by atoms with E-state index < -0.39 is 5.91 Å². The van der Waals surface area contributed by atoms with Crippen LogP contribution in [0.2, 0.25) is 0 Å². The van der Waals surface area contributed by atoms with E-state index in [0.29, 0.717) is 11.3 Å². The van der Waals surface area contributed by atoms with Crippen molar-refractivity contribution < 1.29 is 4.79 Å². The van der Waals surface area contributed by atoms with Crippen LogP contribution in [0.1, 0.15) is 34.3 Å². The molecule has 1 aliphatic rings. The number of fused-ring (bicyclic) bond motifs is 1. The van der Waals surface area contributed by atoms with Gasteiger partial charge in [-0.3, -0.25) is 4.79 Å². The van der Waals surface area contributed by atoms with Crippen LogP contribution in [-0.2, 0) is 12.8 Å². The van der Waals surface area contributed by atoms with Crippen molar-refractivity contribution in [2.45, 2.75) is 25.7 Å². The fourth-order valence-electron chi connectivity index (χ4n) is 2.02. The topological polar surface area (TPSA) is 69.1 Å². The smallest absolute Gasteiger partial charge is 0.250 e. The number of benzene rings is 1. The Labute approximate surface area is 83.1 Å². The zero-order valence-electron chi connectivity index (χ0n) is 8.05. The second-order valence-electron chi connectivity index (χ2n) is 3.78. The fourth-order valence-corrected chi connectivity index (χ4v) is 2.02. The third-order valence-corrected chi connectivity index (χ3v) is 2.78. The summed E-state index contributed by atoms with van der Waals surface area (Å²) < 4.78 is 0. The van der Waals surface area contributed by atoms with Gasteiger partial charge in [-0.05, 0) is 48.9 Å². The van der Waals surface area contributed by atoms with Gasteiger partial charge >= 0.3 is 0 Å². The monoisotopic (exact) mass is 190 g/mol. The minimum absolute atomic E-state index is 0.434. The Hall–Kier alpha value is -1.51. The maximum Gasteiger partial charge on any atom is 0.250 e. The standard InChI is InChI=1S/C11H14N2O/c12-10-6-8-4-2-1-3-7(8)5-9(10)11(13)14/h5-6H,1-4,12H2,(H2,13,14). The van der Waals surface area contributed by atoms with Crippen molar-refractivity contribution in [1.82, 2.24) is 0 Å². The van der Waals surface area contributed by atoms with E-state index in [1.807, 2.05) is 12.1 Å². The molecule has 0 saturated heterocycles. The first kappa shape index (κ1) is 9.06. The van der Waals surface area contributed by atoms with Crippen molar-refractivity contribution >= 4 is 11.6 Å². The van der Waals surface area contributed by atoms with Crippen LogP contribution in [0, 0.1) is 0 Å². The number of rotatable bonds is 1. The lowest BCUT2D eigenvalue weighted by atomic mass is 9.89. The van der Waals surface area contributed by atoms with E-state index in [0.717, 1.165) is 12.8 Å². The van der Waals surface area contributed by atoms with Gasteiger partial charge in [0.1, 0.15) is 0 Å². The zero-order valence-corrected chi connectivity index (χ0v) is 8.05. The van der Waals surface area contributed by atoms with E-state index in [1.165, 1.54) is 24.0 Å². The third kappa shape index (κ3) is 1.45. The van der Waals surface area contributed by atoms with E-state index >= 15 is 0 Å². The van der Waals surface area contributed by atoms with Crippen LogP contribution in [0.4, 0.5) is 5.69 Å². The number of hydrogen-bond acceptors (Lipinski definition) is 2. The Bertz CT molecular complexity index is 385. The van der Waals surface area contributed by atoms with Crippen LogP contribution < -0.4 is 11.5 Å². The highest BCUT2D eigenvalue weighted by atomic mass is 16.1. The van der Waals surface area contributed by atoms with E-state index in [-0.39, 0.29) is 0 Å². The lowest BCUT2D eigenvalue weighted by molar-refractivity contribution is 0.100. The molecule has 14 heavy (non-hydrogen) atoms. The van der Waals surface area contributed by atoms with E-state index in [9.17, 15) is 4.79 Å². The van der Waals surface area contributed by atoms with Crippen molar-refractivity contribution in [3.8, 4) is 0 Å². The van der Waals surface area contributed by atoms with E-state index in [4.69, 9.17) is 11.5 Å². The molecule has 0 spiro atoms. The molecule has 1 aromatic rings. The largest absolute Gasteiger partial charge is 0.398 e. The van der Waals surface area contributed by atoms with Gasteiger partial charge < -0.3 is 11.5 Å². The van der Waals surface area contributed by atoms with Crippen LogP contribution in [0.15, 0.2) is 12.1 Å². The van der Waals surface area contributed by atoms with Crippen molar-refractivity contribution in [1.29, 1.82) is 0 Å². The van der Waals surface area contributed by atoms with Crippen LogP contribution in [-0.4, -0.2) is 5.91 Å². The number of carbonyl (C=O) groups excluding carboxylic acids is 1. The normalized spacial score (nSPS) is 14.9. The summed E-state index contributed by atoms with van der Waals surface area (Å²) in [6, 6.07) is 3.75. The van der Waals surface area contributed by atoms with Crippen LogP contribution in [0.5, 0.6) is 0 Å². The molecule has 1 amide bonds. The minimum atomic E-state index is -0.434. The second kappa shape index (κ2) is 3.33. The number of amides is 1. The number of anilines is 1. The number of carbonyl (C=O) groups is 1. The van der Waals surface area contributed by atoms with Gasteiger partial charge in [0.05, 0.1) is 5.56 Å². The average Bonchev–Trinajstić information content (AvgIpc) is 2.16. The Morgan fingerprint density at radius 1 is 1.14 bits per heavy atom. The molecule has 0 aromatic heterocycles. The van der Waals surface area contributed by atoms with Crippen molar-refractivity contribution in [2.75, 3.05) is 5.73 Å². The second-order valence-corrected chi connectivity index (χ2v) is 3.78. The Morgan fingerprint density at radius 3 is 2.29 bits per heavy atom. The number of nitrogens with two attached hydrogens (primary N) is 2. The lowest BCUT2D eigenvalue weighted by Gasteiger charge is -2.17.